The Labute approximate surface area is 169 Å². The van der Waals surface area contributed by atoms with Gasteiger partial charge in [0, 0.05) is 23.8 Å². The van der Waals surface area contributed by atoms with Gasteiger partial charge in [0.1, 0.15) is 0 Å². The summed E-state index contributed by atoms with van der Waals surface area (Å²) < 4.78 is 0. The number of pyridine rings is 1. The number of anilines is 1. The highest BCUT2D eigenvalue weighted by molar-refractivity contribution is 5.99. The summed E-state index contributed by atoms with van der Waals surface area (Å²) in [5.41, 5.74) is 6.86. The van der Waals surface area contributed by atoms with E-state index < -0.39 is 0 Å². The number of amides is 1. The van der Waals surface area contributed by atoms with E-state index in [4.69, 9.17) is 4.84 Å². The summed E-state index contributed by atoms with van der Waals surface area (Å²) in [4.78, 5) is 22.4. The van der Waals surface area contributed by atoms with E-state index in [0.717, 1.165) is 27.7 Å². The van der Waals surface area contributed by atoms with Gasteiger partial charge in [-0.25, -0.2) is 5.48 Å². The molecule has 144 valence electrons. The lowest BCUT2D eigenvalue weighted by Gasteiger charge is -2.13. The highest BCUT2D eigenvalue weighted by Crippen LogP contribution is 2.20. The van der Waals surface area contributed by atoms with E-state index in [2.05, 4.69) is 21.8 Å². The zero-order chi connectivity index (χ0) is 19.9. The number of hydroxylamine groups is 1. The van der Waals surface area contributed by atoms with Crippen molar-refractivity contribution in [1.29, 1.82) is 0 Å². The van der Waals surface area contributed by atoms with Gasteiger partial charge >= 0.3 is 0 Å². The van der Waals surface area contributed by atoms with Gasteiger partial charge in [0.05, 0.1) is 17.7 Å². The van der Waals surface area contributed by atoms with Crippen molar-refractivity contribution in [3.8, 4) is 0 Å². The number of aromatic nitrogens is 1. The van der Waals surface area contributed by atoms with Crippen molar-refractivity contribution < 1.29 is 9.63 Å². The van der Waals surface area contributed by atoms with Gasteiger partial charge in [-0.2, -0.15) is 0 Å². The Bertz CT molecular complexity index is 1110. The van der Waals surface area contributed by atoms with Crippen LogP contribution in [0.2, 0.25) is 0 Å². The number of hydrogen-bond acceptors (Lipinski definition) is 4. The summed E-state index contributed by atoms with van der Waals surface area (Å²) in [6.45, 7) is 0.892. The minimum Gasteiger partial charge on any atom is -0.380 e. The second-order valence-corrected chi connectivity index (χ2v) is 6.59. The zero-order valence-corrected chi connectivity index (χ0v) is 15.8. The SMILES string of the molecule is O=C(NOCc1ccccc1)c1ccccc1NCc1ccnc2ccccc12. The van der Waals surface area contributed by atoms with Gasteiger partial charge < -0.3 is 5.32 Å². The number of nitrogens with zero attached hydrogens (tertiary/aromatic N) is 1. The first-order valence-electron chi connectivity index (χ1n) is 9.43. The lowest BCUT2D eigenvalue weighted by Crippen LogP contribution is -2.24. The van der Waals surface area contributed by atoms with Gasteiger partial charge in [0.15, 0.2) is 0 Å². The van der Waals surface area contributed by atoms with E-state index >= 15 is 0 Å². The van der Waals surface area contributed by atoms with E-state index in [1.807, 2.05) is 72.8 Å². The van der Waals surface area contributed by atoms with Crippen LogP contribution in [0.5, 0.6) is 0 Å². The fourth-order valence-corrected chi connectivity index (χ4v) is 3.15. The summed E-state index contributed by atoms with van der Waals surface area (Å²) in [5, 5.41) is 4.46. The molecule has 0 saturated heterocycles. The number of nitrogens with one attached hydrogen (secondary N) is 2. The van der Waals surface area contributed by atoms with E-state index in [0.29, 0.717) is 18.7 Å². The molecule has 5 nitrogen and oxygen atoms in total. The zero-order valence-electron chi connectivity index (χ0n) is 15.8. The molecule has 1 aromatic heterocycles. The largest absolute Gasteiger partial charge is 0.380 e. The van der Waals surface area contributed by atoms with Crippen LogP contribution in [0, 0.1) is 0 Å². The molecule has 0 spiro atoms. The third-order valence-corrected chi connectivity index (χ3v) is 4.63. The fourth-order valence-electron chi connectivity index (χ4n) is 3.15. The van der Waals surface area contributed by atoms with Gasteiger partial charge in [-0.15, -0.1) is 0 Å². The van der Waals surface area contributed by atoms with Crippen LogP contribution in [0.4, 0.5) is 5.69 Å². The highest BCUT2D eigenvalue weighted by atomic mass is 16.6. The Morgan fingerprint density at radius 2 is 1.62 bits per heavy atom. The van der Waals surface area contributed by atoms with Gasteiger partial charge in [-0.3, -0.25) is 14.6 Å². The average Bonchev–Trinajstić information content (AvgIpc) is 2.78. The van der Waals surface area contributed by atoms with Gasteiger partial charge in [0.25, 0.3) is 5.91 Å². The van der Waals surface area contributed by atoms with Crippen molar-refractivity contribution >= 4 is 22.5 Å². The molecule has 4 rings (SSSR count). The molecule has 0 fully saturated rings. The van der Waals surface area contributed by atoms with Crippen LogP contribution in [0.3, 0.4) is 0 Å². The highest BCUT2D eigenvalue weighted by Gasteiger charge is 2.11. The van der Waals surface area contributed by atoms with Crippen molar-refractivity contribution in [3.63, 3.8) is 0 Å². The summed E-state index contributed by atoms with van der Waals surface area (Å²) in [6, 6.07) is 27.1. The summed E-state index contributed by atoms with van der Waals surface area (Å²) in [5.74, 6) is -0.288. The molecule has 2 N–H and O–H groups in total. The second-order valence-electron chi connectivity index (χ2n) is 6.59. The Balaban J connectivity index is 1.43. The van der Waals surface area contributed by atoms with E-state index in [1.165, 1.54) is 0 Å². The smallest absolute Gasteiger partial charge is 0.276 e. The molecule has 0 radical (unpaired) electrons. The number of fused-ring (bicyclic) bond motifs is 1. The number of carbonyl (C=O) groups is 1. The van der Waals surface area contributed by atoms with Crippen molar-refractivity contribution in [1.82, 2.24) is 10.5 Å². The maximum Gasteiger partial charge on any atom is 0.276 e. The molecule has 0 saturated carbocycles. The van der Waals surface area contributed by atoms with Crippen LogP contribution in [0.25, 0.3) is 10.9 Å². The van der Waals surface area contributed by atoms with Crippen molar-refractivity contribution in [2.24, 2.45) is 0 Å². The molecule has 0 unspecified atom stereocenters. The van der Waals surface area contributed by atoms with Crippen molar-refractivity contribution in [2.75, 3.05) is 5.32 Å². The molecule has 0 atom stereocenters. The molecule has 0 aliphatic carbocycles. The maximum absolute atomic E-state index is 12.6. The molecule has 29 heavy (non-hydrogen) atoms. The number of rotatable bonds is 7. The lowest BCUT2D eigenvalue weighted by molar-refractivity contribution is 0.0234. The predicted molar refractivity (Wildman–Crippen MR) is 114 cm³/mol. The third kappa shape index (κ3) is 4.59. The topological polar surface area (TPSA) is 63.2 Å². The molecular formula is C24H21N3O2. The fraction of sp³-hybridized carbons (Fsp3) is 0.0833. The lowest BCUT2D eigenvalue weighted by atomic mass is 10.1. The normalized spacial score (nSPS) is 10.6. The van der Waals surface area contributed by atoms with Gasteiger partial charge in [-0.05, 0) is 35.4 Å². The van der Waals surface area contributed by atoms with Crippen molar-refractivity contribution in [2.45, 2.75) is 13.2 Å². The van der Waals surface area contributed by atoms with Crippen molar-refractivity contribution in [3.05, 3.63) is 108 Å². The predicted octanol–water partition coefficient (Wildman–Crippen LogP) is 4.71. The minimum atomic E-state index is -0.288. The van der Waals surface area contributed by atoms with Crippen LogP contribution in [0.15, 0.2) is 91.1 Å². The average molecular weight is 383 g/mol. The standard InChI is InChI=1S/C24H21N3O2/c28-24(27-29-17-18-8-2-1-3-9-18)21-11-5-7-13-23(21)26-16-19-14-15-25-22-12-6-4-10-20(19)22/h1-15,26H,16-17H2,(H,27,28). The Morgan fingerprint density at radius 3 is 2.52 bits per heavy atom. The number of benzene rings is 3. The molecule has 0 bridgehead atoms. The first-order chi connectivity index (χ1) is 14.3. The molecule has 5 heteroatoms. The molecule has 3 aromatic carbocycles. The molecule has 1 heterocycles. The van der Waals surface area contributed by atoms with Gasteiger partial charge in [-0.1, -0.05) is 60.7 Å². The summed E-state index contributed by atoms with van der Waals surface area (Å²) in [7, 11) is 0. The Hall–Kier alpha value is -3.70. The Morgan fingerprint density at radius 1 is 0.862 bits per heavy atom. The third-order valence-electron chi connectivity index (χ3n) is 4.63. The van der Waals surface area contributed by atoms with Crippen LogP contribution in [-0.4, -0.2) is 10.9 Å². The summed E-state index contributed by atoms with van der Waals surface area (Å²) >= 11 is 0. The van der Waals surface area contributed by atoms with E-state index in [9.17, 15) is 4.79 Å². The first kappa shape index (κ1) is 18.7. The number of hydrogen-bond donors (Lipinski definition) is 2. The minimum absolute atomic E-state index is 0.288. The Kier molecular flexibility index (Phi) is 5.78. The van der Waals surface area contributed by atoms with Gasteiger partial charge in [0.2, 0.25) is 0 Å². The quantitative estimate of drug-likeness (QED) is 0.454. The second kappa shape index (κ2) is 8.99. The monoisotopic (exact) mass is 383 g/mol. The molecular weight excluding hydrogens is 362 g/mol. The first-order valence-corrected chi connectivity index (χ1v) is 9.43. The molecule has 0 aliphatic rings. The van der Waals surface area contributed by atoms with Crippen LogP contribution in [0.1, 0.15) is 21.5 Å². The number of carbonyl (C=O) groups excluding carboxylic acids is 1. The number of para-hydroxylation sites is 2. The molecule has 4 aromatic rings. The van der Waals surface area contributed by atoms with E-state index in [1.54, 1.807) is 12.3 Å². The molecule has 0 aliphatic heterocycles. The maximum atomic E-state index is 12.6. The molecule has 1 amide bonds. The van der Waals surface area contributed by atoms with Crippen LogP contribution >= 0.6 is 0 Å². The van der Waals surface area contributed by atoms with Crippen LogP contribution in [-0.2, 0) is 18.0 Å². The summed E-state index contributed by atoms with van der Waals surface area (Å²) in [6.07, 6.45) is 1.80. The van der Waals surface area contributed by atoms with Crippen LogP contribution < -0.4 is 10.8 Å². The van der Waals surface area contributed by atoms with E-state index in [-0.39, 0.29) is 5.91 Å².